The Morgan fingerprint density at radius 2 is 1.68 bits per heavy atom. The molecular weight excluding hydrogens is 254 g/mol. The van der Waals surface area contributed by atoms with Gasteiger partial charge in [-0.15, -0.1) is 0 Å². The molecule has 19 heavy (non-hydrogen) atoms. The molecule has 3 rings (SSSR count). The largest absolute Gasteiger partial charge is 0.380 e. The first kappa shape index (κ1) is 12.5. The van der Waals surface area contributed by atoms with Gasteiger partial charge in [-0.1, -0.05) is 30.3 Å². The van der Waals surface area contributed by atoms with Crippen LogP contribution in [-0.2, 0) is 0 Å². The van der Waals surface area contributed by atoms with Crippen molar-refractivity contribution < 1.29 is 0 Å². The monoisotopic (exact) mass is 271 g/mol. The lowest BCUT2D eigenvalue weighted by Crippen LogP contribution is -2.24. The summed E-state index contributed by atoms with van der Waals surface area (Å²) >= 11 is 2.04. The van der Waals surface area contributed by atoms with Crippen LogP contribution in [0.3, 0.4) is 0 Å². The summed E-state index contributed by atoms with van der Waals surface area (Å²) in [5.74, 6) is 3.28. The van der Waals surface area contributed by atoms with Crippen LogP contribution in [0.2, 0.25) is 0 Å². The molecule has 1 N–H and O–H groups in total. The molecule has 0 radical (unpaired) electrons. The quantitative estimate of drug-likeness (QED) is 0.928. The maximum absolute atomic E-state index is 4.44. The molecule has 2 heterocycles. The Labute approximate surface area is 117 Å². The van der Waals surface area contributed by atoms with E-state index in [2.05, 4.69) is 15.3 Å². The highest BCUT2D eigenvalue weighted by Crippen LogP contribution is 2.21. The second-order valence-corrected chi connectivity index (χ2v) is 5.92. The lowest BCUT2D eigenvalue weighted by Gasteiger charge is -2.23. The van der Waals surface area contributed by atoms with Crippen molar-refractivity contribution in [2.24, 2.45) is 0 Å². The third-order valence-corrected chi connectivity index (χ3v) is 4.32. The molecule has 0 spiro atoms. The van der Waals surface area contributed by atoms with Gasteiger partial charge in [-0.3, -0.25) is 0 Å². The highest BCUT2D eigenvalue weighted by molar-refractivity contribution is 7.99. The van der Waals surface area contributed by atoms with Gasteiger partial charge in [-0.2, -0.15) is 11.8 Å². The summed E-state index contributed by atoms with van der Waals surface area (Å²) in [7, 11) is 0. The zero-order valence-electron chi connectivity index (χ0n) is 10.7. The fraction of sp³-hybridized carbons (Fsp3) is 0.333. The third kappa shape index (κ3) is 3.26. The lowest BCUT2D eigenvalue weighted by molar-refractivity contribution is 0.666. The summed E-state index contributed by atoms with van der Waals surface area (Å²) in [6, 6.07) is 10.6. The van der Waals surface area contributed by atoms with Gasteiger partial charge in [0.1, 0.15) is 0 Å². The molecule has 1 aliphatic rings. The molecule has 0 unspecified atom stereocenters. The average Bonchev–Trinajstić information content (AvgIpc) is 2.50. The van der Waals surface area contributed by atoms with Gasteiger partial charge in [0.15, 0.2) is 5.82 Å². The Bertz CT molecular complexity index is 507. The Hall–Kier alpha value is -1.55. The predicted molar refractivity (Wildman–Crippen MR) is 81.4 cm³/mol. The lowest BCUT2D eigenvalue weighted by atomic mass is 10.1. The van der Waals surface area contributed by atoms with E-state index in [0.717, 1.165) is 17.1 Å². The minimum absolute atomic E-state index is 0.576. The fourth-order valence-electron chi connectivity index (χ4n) is 2.22. The Morgan fingerprint density at radius 1 is 1.00 bits per heavy atom. The van der Waals surface area contributed by atoms with Crippen LogP contribution < -0.4 is 5.32 Å². The average molecular weight is 271 g/mol. The van der Waals surface area contributed by atoms with Crippen LogP contribution in [0.25, 0.3) is 11.4 Å². The van der Waals surface area contributed by atoms with Crippen molar-refractivity contribution in [2.45, 2.75) is 18.9 Å². The third-order valence-electron chi connectivity index (χ3n) is 3.28. The van der Waals surface area contributed by atoms with Crippen molar-refractivity contribution in [1.82, 2.24) is 9.97 Å². The first-order valence-electron chi connectivity index (χ1n) is 6.63. The topological polar surface area (TPSA) is 37.8 Å². The molecule has 0 aliphatic carbocycles. The number of anilines is 1. The molecule has 0 atom stereocenters. The van der Waals surface area contributed by atoms with Crippen molar-refractivity contribution >= 4 is 17.4 Å². The molecule has 1 aromatic carbocycles. The zero-order chi connectivity index (χ0) is 12.9. The predicted octanol–water partition coefficient (Wildman–Crippen LogP) is 3.45. The van der Waals surface area contributed by atoms with Gasteiger partial charge in [0.25, 0.3) is 0 Å². The summed E-state index contributed by atoms with van der Waals surface area (Å²) in [5, 5.41) is 3.52. The Morgan fingerprint density at radius 3 is 2.37 bits per heavy atom. The van der Waals surface area contributed by atoms with E-state index in [9.17, 15) is 0 Å². The van der Waals surface area contributed by atoms with E-state index >= 15 is 0 Å². The van der Waals surface area contributed by atoms with E-state index in [1.165, 1.54) is 24.3 Å². The van der Waals surface area contributed by atoms with Gasteiger partial charge in [-0.05, 0) is 24.3 Å². The summed E-state index contributed by atoms with van der Waals surface area (Å²) in [5.41, 5.74) is 2.08. The number of nitrogens with one attached hydrogen (secondary N) is 1. The minimum Gasteiger partial charge on any atom is -0.380 e. The molecule has 2 aromatic rings. The van der Waals surface area contributed by atoms with Crippen molar-refractivity contribution in [2.75, 3.05) is 16.8 Å². The molecule has 0 bridgehead atoms. The van der Waals surface area contributed by atoms with Crippen LogP contribution >= 0.6 is 11.8 Å². The summed E-state index contributed by atoms with van der Waals surface area (Å²) < 4.78 is 0. The molecular formula is C15H17N3S. The smallest absolute Gasteiger partial charge is 0.159 e. The van der Waals surface area contributed by atoms with E-state index in [4.69, 9.17) is 0 Å². The molecule has 1 aliphatic heterocycles. The van der Waals surface area contributed by atoms with Crippen molar-refractivity contribution in [1.29, 1.82) is 0 Å². The fourth-order valence-corrected chi connectivity index (χ4v) is 3.32. The van der Waals surface area contributed by atoms with E-state index in [-0.39, 0.29) is 0 Å². The van der Waals surface area contributed by atoms with Gasteiger partial charge in [0, 0.05) is 11.6 Å². The zero-order valence-corrected chi connectivity index (χ0v) is 11.6. The van der Waals surface area contributed by atoms with E-state index in [1.54, 1.807) is 0 Å². The standard InChI is InChI=1S/C15H17N3S/c1-2-4-12(5-3-1)15-16-10-14(11-17-15)18-13-6-8-19-9-7-13/h1-5,10-11,13,18H,6-9H2. The maximum atomic E-state index is 4.44. The number of hydrogen-bond acceptors (Lipinski definition) is 4. The number of benzene rings is 1. The number of hydrogen-bond donors (Lipinski definition) is 1. The van der Waals surface area contributed by atoms with Crippen LogP contribution in [0.4, 0.5) is 5.69 Å². The number of rotatable bonds is 3. The van der Waals surface area contributed by atoms with Gasteiger partial charge < -0.3 is 5.32 Å². The normalized spacial score (nSPS) is 16.2. The highest BCUT2D eigenvalue weighted by Gasteiger charge is 2.13. The van der Waals surface area contributed by atoms with Crippen LogP contribution in [0.15, 0.2) is 42.7 Å². The molecule has 1 aromatic heterocycles. The van der Waals surface area contributed by atoms with Gasteiger partial charge in [0.05, 0.1) is 18.1 Å². The van der Waals surface area contributed by atoms with Crippen LogP contribution in [0.5, 0.6) is 0 Å². The SMILES string of the molecule is c1ccc(-c2ncc(NC3CCSCC3)cn2)cc1. The van der Waals surface area contributed by atoms with E-state index in [1.807, 2.05) is 54.5 Å². The maximum Gasteiger partial charge on any atom is 0.159 e. The molecule has 0 saturated carbocycles. The molecule has 0 amide bonds. The van der Waals surface area contributed by atoms with Crippen LogP contribution in [0, 0.1) is 0 Å². The van der Waals surface area contributed by atoms with Crippen molar-refractivity contribution in [3.05, 3.63) is 42.7 Å². The second kappa shape index (κ2) is 6.06. The van der Waals surface area contributed by atoms with Gasteiger partial charge >= 0.3 is 0 Å². The van der Waals surface area contributed by atoms with Gasteiger partial charge in [0.2, 0.25) is 0 Å². The Balaban J connectivity index is 1.68. The summed E-state index contributed by atoms with van der Waals surface area (Å²) in [6.07, 6.45) is 6.23. The van der Waals surface area contributed by atoms with Crippen LogP contribution in [0.1, 0.15) is 12.8 Å². The number of nitrogens with zero attached hydrogens (tertiary/aromatic N) is 2. The summed E-state index contributed by atoms with van der Waals surface area (Å²) in [4.78, 5) is 8.87. The van der Waals surface area contributed by atoms with E-state index in [0.29, 0.717) is 6.04 Å². The van der Waals surface area contributed by atoms with Crippen LogP contribution in [-0.4, -0.2) is 27.5 Å². The highest BCUT2D eigenvalue weighted by atomic mass is 32.2. The first-order chi connectivity index (χ1) is 9.42. The van der Waals surface area contributed by atoms with Crippen molar-refractivity contribution in [3.63, 3.8) is 0 Å². The van der Waals surface area contributed by atoms with E-state index < -0.39 is 0 Å². The summed E-state index contributed by atoms with van der Waals surface area (Å²) in [6.45, 7) is 0. The first-order valence-corrected chi connectivity index (χ1v) is 7.79. The molecule has 1 saturated heterocycles. The molecule has 98 valence electrons. The van der Waals surface area contributed by atoms with Crippen molar-refractivity contribution in [3.8, 4) is 11.4 Å². The number of thioether (sulfide) groups is 1. The number of aromatic nitrogens is 2. The molecule has 4 heteroatoms. The second-order valence-electron chi connectivity index (χ2n) is 4.69. The molecule has 3 nitrogen and oxygen atoms in total. The Kier molecular flexibility index (Phi) is 3.98. The van der Waals surface area contributed by atoms with Gasteiger partial charge in [-0.25, -0.2) is 9.97 Å². The molecule has 1 fully saturated rings. The minimum atomic E-state index is 0.576.